The zero-order valence-electron chi connectivity index (χ0n) is 10.7. The molecular formula is C14H19ClO3. The molecule has 0 spiro atoms. The number of rotatable bonds is 4. The van der Waals surface area contributed by atoms with Crippen LogP contribution in [0.4, 0.5) is 0 Å². The molecule has 0 saturated carbocycles. The molecule has 2 atom stereocenters. The van der Waals surface area contributed by atoms with Crippen molar-refractivity contribution in [3.63, 3.8) is 0 Å². The Kier molecular flexibility index (Phi) is 3.85. The van der Waals surface area contributed by atoms with Crippen molar-refractivity contribution < 1.29 is 14.9 Å². The fraction of sp³-hybridized carbons (Fsp3) is 0.571. The van der Waals surface area contributed by atoms with E-state index in [-0.39, 0.29) is 0 Å². The number of aliphatic hydroxyl groups excluding tert-OH is 1. The van der Waals surface area contributed by atoms with Gasteiger partial charge in [0.05, 0.1) is 18.3 Å². The monoisotopic (exact) mass is 270 g/mol. The van der Waals surface area contributed by atoms with E-state index in [9.17, 15) is 10.2 Å². The van der Waals surface area contributed by atoms with Crippen LogP contribution in [0.25, 0.3) is 0 Å². The molecule has 18 heavy (non-hydrogen) atoms. The third-order valence-corrected chi connectivity index (χ3v) is 3.89. The Bertz CT molecular complexity index is 443. The minimum Gasteiger partial charge on any atom is -0.493 e. The lowest BCUT2D eigenvalue weighted by atomic mass is 9.90. The summed E-state index contributed by atoms with van der Waals surface area (Å²) in [5, 5.41) is 20.8. The van der Waals surface area contributed by atoms with Gasteiger partial charge in [0.2, 0.25) is 0 Å². The van der Waals surface area contributed by atoms with Crippen molar-refractivity contribution in [2.45, 2.75) is 44.8 Å². The molecule has 0 saturated heterocycles. The Balaban J connectivity index is 2.25. The van der Waals surface area contributed by atoms with Crippen LogP contribution in [0.1, 0.15) is 31.4 Å². The molecule has 0 amide bonds. The van der Waals surface area contributed by atoms with E-state index in [1.54, 1.807) is 13.0 Å². The average molecular weight is 271 g/mol. The van der Waals surface area contributed by atoms with Gasteiger partial charge in [-0.05, 0) is 36.6 Å². The van der Waals surface area contributed by atoms with Crippen molar-refractivity contribution >= 4 is 11.6 Å². The maximum absolute atomic E-state index is 10.1. The number of hydrogen-bond acceptors (Lipinski definition) is 3. The summed E-state index contributed by atoms with van der Waals surface area (Å²) in [5.74, 6) is 0.824. The van der Waals surface area contributed by atoms with Crippen LogP contribution in [-0.4, -0.2) is 28.5 Å². The summed E-state index contributed by atoms with van der Waals surface area (Å²) in [6.45, 7) is 4.15. The maximum Gasteiger partial charge on any atom is 0.126 e. The summed E-state index contributed by atoms with van der Waals surface area (Å²) in [5.41, 5.74) is 0.866. The summed E-state index contributed by atoms with van der Waals surface area (Å²) in [4.78, 5) is 0. The Labute approximate surface area is 112 Å². The van der Waals surface area contributed by atoms with Gasteiger partial charge in [-0.15, -0.1) is 0 Å². The first-order valence-electron chi connectivity index (χ1n) is 6.28. The molecule has 2 rings (SSSR count). The fourth-order valence-electron chi connectivity index (χ4n) is 2.16. The van der Waals surface area contributed by atoms with Gasteiger partial charge in [0, 0.05) is 17.9 Å². The number of benzene rings is 1. The van der Waals surface area contributed by atoms with Crippen molar-refractivity contribution in [1.82, 2.24) is 0 Å². The molecule has 4 heteroatoms. The molecule has 1 heterocycles. The van der Waals surface area contributed by atoms with Crippen LogP contribution < -0.4 is 4.74 Å². The highest BCUT2D eigenvalue weighted by Gasteiger charge is 2.30. The second-order valence-corrected chi connectivity index (χ2v) is 5.52. The molecule has 0 fully saturated rings. The first-order chi connectivity index (χ1) is 8.44. The molecule has 1 aromatic rings. The van der Waals surface area contributed by atoms with Gasteiger partial charge in [0.15, 0.2) is 0 Å². The van der Waals surface area contributed by atoms with Crippen molar-refractivity contribution in [3.05, 3.63) is 28.3 Å². The van der Waals surface area contributed by atoms with Crippen molar-refractivity contribution in [1.29, 1.82) is 0 Å². The quantitative estimate of drug-likeness (QED) is 0.883. The Morgan fingerprint density at radius 2 is 2.22 bits per heavy atom. The minimum atomic E-state index is -1.09. The van der Waals surface area contributed by atoms with Gasteiger partial charge in [-0.1, -0.05) is 18.5 Å². The summed E-state index contributed by atoms with van der Waals surface area (Å²) in [6.07, 6.45) is 0.874. The van der Waals surface area contributed by atoms with Crippen LogP contribution in [0.3, 0.4) is 0 Å². The molecule has 0 aliphatic carbocycles. The molecule has 2 unspecified atom stereocenters. The van der Waals surface area contributed by atoms with Crippen LogP contribution in [0, 0.1) is 0 Å². The molecule has 1 aromatic carbocycles. The maximum atomic E-state index is 10.1. The van der Waals surface area contributed by atoms with E-state index in [0.29, 0.717) is 24.5 Å². The SMILES string of the molecule is CCC(C)(O)C(O)Cc1cc(Cl)cc2c1OCC2. The number of ether oxygens (including phenoxy) is 1. The van der Waals surface area contributed by atoms with E-state index in [4.69, 9.17) is 16.3 Å². The summed E-state index contributed by atoms with van der Waals surface area (Å²) in [7, 11) is 0. The number of hydrogen-bond donors (Lipinski definition) is 2. The Hall–Kier alpha value is -0.770. The van der Waals surface area contributed by atoms with Gasteiger partial charge >= 0.3 is 0 Å². The second kappa shape index (κ2) is 5.08. The third kappa shape index (κ3) is 2.63. The van der Waals surface area contributed by atoms with Crippen molar-refractivity contribution in [2.24, 2.45) is 0 Å². The molecular weight excluding hydrogens is 252 g/mol. The Morgan fingerprint density at radius 3 is 2.89 bits per heavy atom. The Morgan fingerprint density at radius 1 is 1.50 bits per heavy atom. The predicted octanol–water partition coefficient (Wildman–Crippen LogP) is 2.34. The van der Waals surface area contributed by atoms with E-state index in [1.165, 1.54) is 0 Å². The first kappa shape index (κ1) is 13.7. The van der Waals surface area contributed by atoms with Gasteiger partial charge in [-0.2, -0.15) is 0 Å². The lowest BCUT2D eigenvalue weighted by molar-refractivity contribution is -0.0631. The van der Waals surface area contributed by atoms with E-state index in [2.05, 4.69) is 0 Å². The van der Waals surface area contributed by atoms with E-state index in [1.807, 2.05) is 13.0 Å². The van der Waals surface area contributed by atoms with Crippen molar-refractivity contribution in [2.75, 3.05) is 6.61 Å². The highest BCUT2D eigenvalue weighted by atomic mass is 35.5. The van der Waals surface area contributed by atoms with Crippen LogP contribution >= 0.6 is 11.6 Å². The van der Waals surface area contributed by atoms with E-state index in [0.717, 1.165) is 23.3 Å². The minimum absolute atomic E-state index is 0.351. The van der Waals surface area contributed by atoms with Crippen LogP contribution in [-0.2, 0) is 12.8 Å². The van der Waals surface area contributed by atoms with Crippen molar-refractivity contribution in [3.8, 4) is 5.75 Å². The second-order valence-electron chi connectivity index (χ2n) is 5.08. The summed E-state index contributed by atoms with van der Waals surface area (Å²) >= 11 is 6.06. The largest absolute Gasteiger partial charge is 0.493 e. The predicted molar refractivity (Wildman–Crippen MR) is 71.3 cm³/mol. The number of aliphatic hydroxyl groups is 2. The van der Waals surface area contributed by atoms with Gasteiger partial charge in [-0.3, -0.25) is 0 Å². The lowest BCUT2D eigenvalue weighted by Crippen LogP contribution is -2.40. The van der Waals surface area contributed by atoms with E-state index >= 15 is 0 Å². The van der Waals surface area contributed by atoms with Crippen LogP contribution in [0.2, 0.25) is 5.02 Å². The summed E-state index contributed by atoms with van der Waals surface area (Å²) in [6, 6.07) is 3.71. The van der Waals surface area contributed by atoms with E-state index < -0.39 is 11.7 Å². The highest BCUT2D eigenvalue weighted by Crippen LogP contribution is 2.34. The average Bonchev–Trinajstić information content (AvgIpc) is 2.76. The lowest BCUT2D eigenvalue weighted by Gasteiger charge is -2.28. The molecule has 0 bridgehead atoms. The zero-order valence-corrected chi connectivity index (χ0v) is 11.5. The summed E-state index contributed by atoms with van der Waals surface area (Å²) < 4.78 is 5.58. The third-order valence-electron chi connectivity index (χ3n) is 3.67. The molecule has 0 aromatic heterocycles. The molecule has 1 aliphatic heterocycles. The van der Waals surface area contributed by atoms with Gasteiger partial charge in [0.25, 0.3) is 0 Å². The van der Waals surface area contributed by atoms with Gasteiger partial charge < -0.3 is 14.9 Å². The number of fused-ring (bicyclic) bond motifs is 1. The zero-order chi connectivity index (χ0) is 13.3. The number of halogens is 1. The van der Waals surface area contributed by atoms with Gasteiger partial charge in [0.1, 0.15) is 5.75 Å². The van der Waals surface area contributed by atoms with Crippen LogP contribution in [0.5, 0.6) is 5.75 Å². The molecule has 1 aliphatic rings. The standard InChI is InChI=1S/C14H19ClO3/c1-3-14(2,17)12(16)8-10-7-11(15)6-9-4-5-18-13(9)10/h6-7,12,16-17H,3-5,8H2,1-2H3. The molecule has 2 N–H and O–H groups in total. The first-order valence-corrected chi connectivity index (χ1v) is 6.66. The van der Waals surface area contributed by atoms with Gasteiger partial charge in [-0.25, -0.2) is 0 Å². The topological polar surface area (TPSA) is 49.7 Å². The molecule has 100 valence electrons. The molecule has 0 radical (unpaired) electrons. The van der Waals surface area contributed by atoms with Crippen LogP contribution in [0.15, 0.2) is 12.1 Å². The highest BCUT2D eigenvalue weighted by molar-refractivity contribution is 6.30. The smallest absolute Gasteiger partial charge is 0.126 e. The normalized spacial score (nSPS) is 18.9. The fourth-order valence-corrected chi connectivity index (χ4v) is 2.42. The molecule has 3 nitrogen and oxygen atoms in total.